The summed E-state index contributed by atoms with van der Waals surface area (Å²) in [6, 6.07) is 11.1. The SMILES string of the molecule is O=C([O-])CC(NC(=O)c1ccc(N=S(=O)=O)cc1)c1cccc(Cl)c1.[Na+]. The number of rotatable bonds is 6. The van der Waals surface area contributed by atoms with Crippen LogP contribution in [0.15, 0.2) is 52.9 Å². The van der Waals surface area contributed by atoms with E-state index in [2.05, 4.69) is 9.68 Å². The summed E-state index contributed by atoms with van der Waals surface area (Å²) < 4.78 is 24.3. The van der Waals surface area contributed by atoms with E-state index in [4.69, 9.17) is 11.6 Å². The summed E-state index contributed by atoms with van der Waals surface area (Å²) >= 11 is 5.90. The van der Waals surface area contributed by atoms with Crippen molar-refractivity contribution in [3.8, 4) is 0 Å². The summed E-state index contributed by atoms with van der Waals surface area (Å²) in [6.45, 7) is 0. The van der Waals surface area contributed by atoms with Crippen molar-refractivity contribution < 1.29 is 52.7 Å². The summed E-state index contributed by atoms with van der Waals surface area (Å²) in [5.41, 5.74) is 0.922. The molecule has 0 aliphatic rings. The molecule has 1 N–H and O–H groups in total. The molecular formula is C16H12ClN2NaO5S. The molecule has 0 spiro atoms. The zero-order valence-electron chi connectivity index (χ0n) is 13.7. The van der Waals surface area contributed by atoms with Crippen molar-refractivity contribution >= 4 is 39.7 Å². The summed E-state index contributed by atoms with van der Waals surface area (Å²) in [4.78, 5) is 23.3. The van der Waals surface area contributed by atoms with Crippen molar-refractivity contribution in [2.75, 3.05) is 0 Å². The van der Waals surface area contributed by atoms with Gasteiger partial charge in [0.15, 0.2) is 0 Å². The zero-order chi connectivity index (χ0) is 18.4. The number of hydrogen-bond donors (Lipinski definition) is 1. The van der Waals surface area contributed by atoms with Gasteiger partial charge in [-0.3, -0.25) is 4.79 Å². The molecule has 10 heteroatoms. The van der Waals surface area contributed by atoms with Crippen LogP contribution >= 0.6 is 11.6 Å². The summed E-state index contributed by atoms with van der Waals surface area (Å²) in [5, 5.41) is 14.0. The molecule has 1 unspecified atom stereocenters. The number of nitrogens with one attached hydrogen (secondary N) is 1. The van der Waals surface area contributed by atoms with Gasteiger partial charge in [-0.15, -0.1) is 4.36 Å². The average molecular weight is 403 g/mol. The van der Waals surface area contributed by atoms with E-state index in [9.17, 15) is 23.1 Å². The van der Waals surface area contributed by atoms with E-state index in [1.807, 2.05) is 0 Å². The average Bonchev–Trinajstić information content (AvgIpc) is 2.54. The van der Waals surface area contributed by atoms with Crippen molar-refractivity contribution in [2.24, 2.45) is 4.36 Å². The Hall–Kier alpha value is -1.71. The topological polar surface area (TPSA) is 116 Å². The third-order valence-corrected chi connectivity index (χ3v) is 3.83. The maximum atomic E-state index is 12.3. The van der Waals surface area contributed by atoms with E-state index in [0.29, 0.717) is 10.6 Å². The third-order valence-electron chi connectivity index (χ3n) is 3.24. The summed E-state index contributed by atoms with van der Waals surface area (Å²) in [7, 11) is -2.59. The largest absolute Gasteiger partial charge is 1.00 e. The first-order valence-electron chi connectivity index (χ1n) is 7.02. The molecule has 1 atom stereocenters. The number of nitrogens with zero attached hydrogens (tertiary/aromatic N) is 1. The standard InChI is InChI=1S/C16H13ClN2O5S.Na/c17-12-3-1-2-11(8-12)14(9-15(20)21)18-16(22)10-4-6-13(7-5-10)19-25(23)24;/h1-8,14H,9H2,(H,18,22)(H,20,21);/q;+1/p-1. The van der Waals surface area contributed by atoms with Crippen molar-refractivity contribution in [2.45, 2.75) is 12.5 Å². The van der Waals surface area contributed by atoms with E-state index in [-0.39, 0.29) is 40.8 Å². The molecule has 2 rings (SSSR count). The second-order valence-corrected chi connectivity index (χ2v) is 6.07. The van der Waals surface area contributed by atoms with Crippen LogP contribution in [0.2, 0.25) is 5.02 Å². The van der Waals surface area contributed by atoms with Gasteiger partial charge >= 0.3 is 40.1 Å². The molecule has 0 fully saturated rings. The maximum Gasteiger partial charge on any atom is 1.00 e. The van der Waals surface area contributed by atoms with E-state index in [1.165, 1.54) is 24.3 Å². The molecule has 26 heavy (non-hydrogen) atoms. The van der Waals surface area contributed by atoms with Crippen LogP contribution in [-0.4, -0.2) is 20.3 Å². The van der Waals surface area contributed by atoms with Crippen LogP contribution in [0.5, 0.6) is 0 Å². The first-order valence-corrected chi connectivity index (χ1v) is 8.43. The minimum Gasteiger partial charge on any atom is -0.550 e. The predicted molar refractivity (Wildman–Crippen MR) is 88.7 cm³/mol. The first-order chi connectivity index (χ1) is 11.8. The van der Waals surface area contributed by atoms with Crippen LogP contribution < -0.4 is 40.0 Å². The quantitative estimate of drug-likeness (QED) is 0.600. The van der Waals surface area contributed by atoms with Crippen LogP contribution in [-0.2, 0) is 15.3 Å². The van der Waals surface area contributed by atoms with Crippen molar-refractivity contribution in [1.82, 2.24) is 5.32 Å². The van der Waals surface area contributed by atoms with Crippen molar-refractivity contribution in [1.29, 1.82) is 0 Å². The van der Waals surface area contributed by atoms with Crippen LogP contribution in [0.25, 0.3) is 0 Å². The van der Waals surface area contributed by atoms with Gasteiger partial charge < -0.3 is 15.2 Å². The molecule has 0 heterocycles. The summed E-state index contributed by atoms with van der Waals surface area (Å²) in [6.07, 6.45) is -0.422. The molecule has 2 aromatic carbocycles. The van der Waals surface area contributed by atoms with E-state index in [1.54, 1.807) is 24.3 Å². The number of benzene rings is 2. The number of aliphatic carboxylic acids is 1. The maximum absolute atomic E-state index is 12.3. The Morgan fingerprint density at radius 1 is 1.15 bits per heavy atom. The van der Waals surface area contributed by atoms with Crippen molar-refractivity contribution in [3.63, 3.8) is 0 Å². The predicted octanol–water partition coefficient (Wildman–Crippen LogP) is -1.35. The van der Waals surface area contributed by atoms with E-state index >= 15 is 0 Å². The molecule has 1 amide bonds. The number of amides is 1. The minimum absolute atomic E-state index is 0. The fraction of sp³-hybridized carbons (Fsp3) is 0.125. The number of carbonyl (C=O) groups excluding carboxylic acids is 2. The molecule has 0 bridgehead atoms. The molecule has 0 aromatic heterocycles. The van der Waals surface area contributed by atoms with Gasteiger partial charge in [0.1, 0.15) is 0 Å². The smallest absolute Gasteiger partial charge is 0.550 e. The monoisotopic (exact) mass is 402 g/mol. The van der Waals surface area contributed by atoms with Gasteiger partial charge in [0, 0.05) is 23.0 Å². The van der Waals surface area contributed by atoms with Gasteiger partial charge in [0.2, 0.25) is 0 Å². The van der Waals surface area contributed by atoms with Crippen molar-refractivity contribution in [3.05, 3.63) is 64.7 Å². The van der Waals surface area contributed by atoms with Crippen LogP contribution in [0.1, 0.15) is 28.4 Å². The second kappa shape index (κ2) is 10.4. The van der Waals surface area contributed by atoms with Gasteiger partial charge in [-0.1, -0.05) is 23.7 Å². The van der Waals surface area contributed by atoms with Gasteiger partial charge in [-0.25, -0.2) is 0 Å². The van der Waals surface area contributed by atoms with Gasteiger partial charge in [0.05, 0.1) is 11.7 Å². The molecule has 7 nitrogen and oxygen atoms in total. The fourth-order valence-electron chi connectivity index (χ4n) is 2.14. The first kappa shape index (κ1) is 22.3. The number of halogens is 1. The molecule has 0 aliphatic carbocycles. The molecule has 0 aliphatic heterocycles. The van der Waals surface area contributed by atoms with E-state index in [0.717, 1.165) is 0 Å². The Balaban J connectivity index is 0.00000338. The minimum atomic E-state index is -2.59. The number of carboxylic acid groups (broad SMARTS) is 1. The second-order valence-electron chi connectivity index (χ2n) is 5.01. The Bertz CT molecular complexity index is 924. The Labute approximate surface area is 178 Å². The molecule has 2 aromatic rings. The molecular weight excluding hydrogens is 391 g/mol. The van der Waals surface area contributed by atoms with Gasteiger partial charge in [-0.2, -0.15) is 8.42 Å². The fourth-order valence-corrected chi connectivity index (χ4v) is 2.64. The number of carbonyl (C=O) groups is 2. The summed E-state index contributed by atoms with van der Waals surface area (Å²) in [5.74, 6) is -1.85. The van der Waals surface area contributed by atoms with Crippen LogP contribution in [0.4, 0.5) is 5.69 Å². The van der Waals surface area contributed by atoms with Crippen LogP contribution in [0.3, 0.4) is 0 Å². The number of carboxylic acids is 1. The third kappa shape index (κ3) is 6.89. The molecule has 0 saturated heterocycles. The van der Waals surface area contributed by atoms with Gasteiger partial charge in [0.25, 0.3) is 5.91 Å². The van der Waals surface area contributed by atoms with Crippen LogP contribution in [0, 0.1) is 0 Å². The molecule has 0 radical (unpaired) electrons. The zero-order valence-corrected chi connectivity index (χ0v) is 17.3. The molecule has 130 valence electrons. The Morgan fingerprint density at radius 3 is 2.35 bits per heavy atom. The number of hydrogen-bond acceptors (Lipinski definition) is 6. The molecule has 0 saturated carbocycles. The van der Waals surface area contributed by atoms with E-state index < -0.39 is 34.8 Å². The normalized spacial score (nSPS) is 11.0. The van der Waals surface area contributed by atoms with Gasteiger partial charge in [-0.05, 0) is 42.0 Å². The Morgan fingerprint density at radius 2 is 1.81 bits per heavy atom. The Kier molecular flexibility index (Phi) is 8.97.